The molecule has 3 rings (SSSR count). The molecule has 30 heavy (non-hydrogen) atoms. The fraction of sp³-hybridized carbons (Fsp3) is 0.167. The highest BCUT2D eigenvalue weighted by Crippen LogP contribution is 2.23. The van der Waals surface area contributed by atoms with Crippen molar-refractivity contribution in [1.82, 2.24) is 5.32 Å². The van der Waals surface area contributed by atoms with Gasteiger partial charge in [0.15, 0.2) is 0 Å². The first-order valence-corrected chi connectivity index (χ1v) is 9.60. The predicted octanol–water partition coefficient (Wildman–Crippen LogP) is 4.00. The summed E-state index contributed by atoms with van der Waals surface area (Å²) in [5.41, 5.74) is 3.43. The molecule has 0 unspecified atom stereocenters. The van der Waals surface area contributed by atoms with E-state index in [1.807, 2.05) is 49.3 Å². The van der Waals surface area contributed by atoms with E-state index in [1.54, 1.807) is 30.3 Å². The van der Waals surface area contributed by atoms with Crippen molar-refractivity contribution in [3.05, 3.63) is 95.3 Å². The van der Waals surface area contributed by atoms with E-state index in [4.69, 9.17) is 0 Å². The molecule has 0 aliphatic heterocycles. The molecule has 0 aliphatic rings. The van der Waals surface area contributed by atoms with E-state index in [0.29, 0.717) is 11.3 Å². The standard InChI is InChI=1S/C24H24FN3O2/c1-28(2)22-13-12-20(27-23(29)14-17-6-4-3-5-7-17)15-21(22)24(30)26-16-18-8-10-19(25)11-9-18/h3-13,15H,14,16H2,1-2H3,(H,26,30)(H,27,29). The van der Waals surface area contributed by atoms with Gasteiger partial charge < -0.3 is 15.5 Å². The maximum Gasteiger partial charge on any atom is 0.253 e. The van der Waals surface area contributed by atoms with Crippen LogP contribution in [0, 0.1) is 5.82 Å². The number of carbonyl (C=O) groups is 2. The van der Waals surface area contributed by atoms with Crippen LogP contribution in [0.15, 0.2) is 72.8 Å². The van der Waals surface area contributed by atoms with Crippen LogP contribution in [0.4, 0.5) is 15.8 Å². The first-order valence-electron chi connectivity index (χ1n) is 9.60. The van der Waals surface area contributed by atoms with Gasteiger partial charge in [-0.25, -0.2) is 4.39 Å². The van der Waals surface area contributed by atoms with Crippen LogP contribution in [0.2, 0.25) is 0 Å². The molecule has 2 N–H and O–H groups in total. The first kappa shape index (κ1) is 21.0. The third-order valence-corrected chi connectivity index (χ3v) is 4.58. The van der Waals surface area contributed by atoms with Crippen molar-refractivity contribution in [2.75, 3.05) is 24.3 Å². The van der Waals surface area contributed by atoms with Gasteiger partial charge in [-0.1, -0.05) is 42.5 Å². The van der Waals surface area contributed by atoms with Crippen LogP contribution in [0.25, 0.3) is 0 Å². The summed E-state index contributed by atoms with van der Waals surface area (Å²) in [5, 5.41) is 5.70. The molecule has 0 heterocycles. The molecule has 0 fully saturated rings. The molecule has 154 valence electrons. The molecule has 0 atom stereocenters. The van der Waals surface area contributed by atoms with Crippen molar-refractivity contribution < 1.29 is 14.0 Å². The van der Waals surface area contributed by atoms with Crippen molar-refractivity contribution >= 4 is 23.2 Å². The molecule has 0 saturated heterocycles. The van der Waals surface area contributed by atoms with Crippen LogP contribution in [0.5, 0.6) is 0 Å². The highest BCUT2D eigenvalue weighted by Gasteiger charge is 2.15. The highest BCUT2D eigenvalue weighted by atomic mass is 19.1. The fourth-order valence-corrected chi connectivity index (χ4v) is 3.05. The normalized spacial score (nSPS) is 10.4. The van der Waals surface area contributed by atoms with E-state index in [1.165, 1.54) is 12.1 Å². The van der Waals surface area contributed by atoms with Gasteiger partial charge in [0.2, 0.25) is 5.91 Å². The van der Waals surface area contributed by atoms with Gasteiger partial charge in [0.1, 0.15) is 5.82 Å². The summed E-state index contributed by atoms with van der Waals surface area (Å²) in [6.45, 7) is 0.274. The maximum atomic E-state index is 13.1. The van der Waals surface area contributed by atoms with Gasteiger partial charge in [-0.05, 0) is 41.5 Å². The second kappa shape index (κ2) is 9.69. The minimum absolute atomic E-state index is 0.156. The number of hydrogen-bond acceptors (Lipinski definition) is 3. The molecule has 0 bridgehead atoms. The van der Waals surface area contributed by atoms with Crippen molar-refractivity contribution in [3.8, 4) is 0 Å². The van der Waals surface area contributed by atoms with Gasteiger partial charge in [-0.2, -0.15) is 0 Å². The maximum absolute atomic E-state index is 13.1. The van der Waals surface area contributed by atoms with Crippen molar-refractivity contribution in [3.63, 3.8) is 0 Å². The number of anilines is 2. The van der Waals surface area contributed by atoms with Gasteiger partial charge in [0, 0.05) is 32.0 Å². The quantitative estimate of drug-likeness (QED) is 0.625. The Kier molecular flexibility index (Phi) is 6.80. The third kappa shape index (κ3) is 5.67. The molecule has 3 aromatic carbocycles. The zero-order valence-corrected chi connectivity index (χ0v) is 17.0. The Morgan fingerprint density at radius 1 is 0.900 bits per heavy atom. The van der Waals surface area contributed by atoms with Gasteiger partial charge in [0.25, 0.3) is 5.91 Å². The zero-order valence-electron chi connectivity index (χ0n) is 17.0. The molecule has 0 saturated carbocycles. The molecule has 0 spiro atoms. The van der Waals surface area contributed by atoms with E-state index in [-0.39, 0.29) is 30.6 Å². The van der Waals surface area contributed by atoms with E-state index in [2.05, 4.69) is 10.6 Å². The SMILES string of the molecule is CN(C)c1ccc(NC(=O)Cc2ccccc2)cc1C(=O)NCc1ccc(F)cc1. The molecular weight excluding hydrogens is 381 g/mol. The number of hydrogen-bond donors (Lipinski definition) is 2. The van der Waals surface area contributed by atoms with E-state index < -0.39 is 0 Å². The van der Waals surface area contributed by atoms with Crippen LogP contribution in [-0.2, 0) is 17.8 Å². The molecule has 2 amide bonds. The number of amides is 2. The Labute approximate surface area is 175 Å². The summed E-state index contributed by atoms with van der Waals surface area (Å²) in [4.78, 5) is 27.0. The minimum Gasteiger partial charge on any atom is -0.377 e. The first-order chi connectivity index (χ1) is 14.4. The van der Waals surface area contributed by atoms with Crippen LogP contribution in [-0.4, -0.2) is 25.9 Å². The summed E-state index contributed by atoms with van der Waals surface area (Å²) in [7, 11) is 3.69. The predicted molar refractivity (Wildman–Crippen MR) is 117 cm³/mol. The Morgan fingerprint density at radius 3 is 2.27 bits per heavy atom. The molecular formula is C24H24FN3O2. The topological polar surface area (TPSA) is 61.4 Å². The van der Waals surface area contributed by atoms with Crippen LogP contribution < -0.4 is 15.5 Å². The lowest BCUT2D eigenvalue weighted by Crippen LogP contribution is -2.26. The lowest BCUT2D eigenvalue weighted by atomic mass is 10.1. The Hall–Kier alpha value is -3.67. The number of carbonyl (C=O) groups excluding carboxylic acids is 2. The monoisotopic (exact) mass is 405 g/mol. The molecule has 0 aliphatic carbocycles. The lowest BCUT2D eigenvalue weighted by molar-refractivity contribution is -0.115. The fourth-order valence-electron chi connectivity index (χ4n) is 3.05. The molecule has 3 aromatic rings. The Balaban J connectivity index is 1.72. The number of nitrogens with zero attached hydrogens (tertiary/aromatic N) is 1. The van der Waals surface area contributed by atoms with Gasteiger partial charge in [-0.15, -0.1) is 0 Å². The molecule has 0 aromatic heterocycles. The van der Waals surface area contributed by atoms with E-state index >= 15 is 0 Å². The Bertz CT molecular complexity index is 1020. The minimum atomic E-state index is -0.320. The summed E-state index contributed by atoms with van der Waals surface area (Å²) >= 11 is 0. The summed E-state index contributed by atoms with van der Waals surface area (Å²) in [6, 6.07) is 20.7. The Morgan fingerprint density at radius 2 is 1.60 bits per heavy atom. The van der Waals surface area contributed by atoms with Crippen molar-refractivity contribution in [2.45, 2.75) is 13.0 Å². The number of benzene rings is 3. The summed E-state index contributed by atoms with van der Waals surface area (Å²) < 4.78 is 13.1. The zero-order chi connectivity index (χ0) is 21.5. The van der Waals surface area contributed by atoms with Gasteiger partial charge in [0.05, 0.1) is 12.0 Å². The van der Waals surface area contributed by atoms with Crippen LogP contribution in [0.1, 0.15) is 21.5 Å². The van der Waals surface area contributed by atoms with Gasteiger partial charge >= 0.3 is 0 Å². The third-order valence-electron chi connectivity index (χ3n) is 4.58. The number of halogens is 1. The van der Waals surface area contributed by atoms with Gasteiger partial charge in [-0.3, -0.25) is 9.59 Å². The van der Waals surface area contributed by atoms with Crippen molar-refractivity contribution in [2.24, 2.45) is 0 Å². The summed E-state index contributed by atoms with van der Waals surface area (Å²) in [5.74, 6) is -0.752. The van der Waals surface area contributed by atoms with Crippen LogP contribution in [0.3, 0.4) is 0 Å². The second-order valence-electron chi connectivity index (χ2n) is 7.15. The number of rotatable bonds is 7. The molecule has 6 heteroatoms. The molecule has 0 radical (unpaired) electrons. The highest BCUT2D eigenvalue weighted by molar-refractivity contribution is 6.02. The second-order valence-corrected chi connectivity index (χ2v) is 7.15. The lowest BCUT2D eigenvalue weighted by Gasteiger charge is -2.18. The van der Waals surface area contributed by atoms with Crippen molar-refractivity contribution in [1.29, 1.82) is 0 Å². The summed E-state index contributed by atoms with van der Waals surface area (Å²) in [6.07, 6.45) is 0.252. The van der Waals surface area contributed by atoms with E-state index in [9.17, 15) is 14.0 Å². The van der Waals surface area contributed by atoms with E-state index in [0.717, 1.165) is 16.8 Å². The smallest absolute Gasteiger partial charge is 0.253 e. The molecule has 5 nitrogen and oxygen atoms in total. The average Bonchev–Trinajstić information content (AvgIpc) is 2.73. The largest absolute Gasteiger partial charge is 0.377 e. The van der Waals surface area contributed by atoms with Crippen LogP contribution >= 0.6 is 0 Å². The average molecular weight is 405 g/mol. The number of nitrogens with one attached hydrogen (secondary N) is 2.